The van der Waals surface area contributed by atoms with Gasteiger partial charge in [0.2, 0.25) is 10.0 Å². The number of ether oxygens (including phenoxy) is 1. The lowest BCUT2D eigenvalue weighted by molar-refractivity contribution is 0.0717. The fraction of sp³-hybridized carbons (Fsp3) is 0.364. The maximum absolute atomic E-state index is 12.8. The number of nitrogens with zero attached hydrogens (tertiary/aromatic N) is 4. The lowest BCUT2D eigenvalue weighted by Crippen LogP contribution is -2.49. The summed E-state index contributed by atoms with van der Waals surface area (Å²) in [7, 11) is -3.56. The van der Waals surface area contributed by atoms with Gasteiger partial charge in [-0.05, 0) is 24.3 Å². The molecule has 10 heteroatoms. The molecule has 32 heavy (non-hydrogen) atoms. The highest BCUT2D eigenvalue weighted by Gasteiger charge is 2.28. The first kappa shape index (κ1) is 20.9. The molecule has 0 saturated carbocycles. The molecule has 1 aromatic carbocycles. The predicted octanol–water partition coefficient (Wildman–Crippen LogP) is 1.81. The summed E-state index contributed by atoms with van der Waals surface area (Å²) in [5.41, 5.74) is 0.700. The van der Waals surface area contributed by atoms with E-state index in [9.17, 15) is 13.2 Å². The number of fused-ring (bicyclic) bond motifs is 1. The molecule has 2 fully saturated rings. The Morgan fingerprint density at radius 1 is 0.938 bits per heavy atom. The van der Waals surface area contributed by atoms with E-state index in [1.54, 1.807) is 23.1 Å². The zero-order chi connectivity index (χ0) is 22.1. The largest absolute Gasteiger partial charge is 0.451 e. The van der Waals surface area contributed by atoms with Gasteiger partial charge in [0.1, 0.15) is 16.3 Å². The molecule has 2 saturated heterocycles. The van der Waals surface area contributed by atoms with Gasteiger partial charge in [0.05, 0.1) is 13.2 Å². The Kier molecular flexibility index (Phi) is 5.58. The van der Waals surface area contributed by atoms with Crippen LogP contribution in [0.25, 0.3) is 11.0 Å². The Morgan fingerprint density at radius 3 is 2.38 bits per heavy atom. The van der Waals surface area contributed by atoms with E-state index in [1.165, 1.54) is 10.5 Å². The minimum absolute atomic E-state index is 0.124. The molecule has 0 atom stereocenters. The van der Waals surface area contributed by atoms with Gasteiger partial charge in [-0.1, -0.05) is 18.2 Å². The van der Waals surface area contributed by atoms with Gasteiger partial charge in [-0.25, -0.2) is 13.4 Å². The minimum Gasteiger partial charge on any atom is -0.451 e. The third-order valence-electron chi connectivity index (χ3n) is 5.86. The summed E-state index contributed by atoms with van der Waals surface area (Å²) < 4.78 is 37.9. The van der Waals surface area contributed by atoms with E-state index in [0.717, 1.165) is 5.39 Å². The van der Waals surface area contributed by atoms with Crippen molar-refractivity contribution in [2.45, 2.75) is 4.90 Å². The molecule has 168 valence electrons. The Balaban J connectivity index is 1.22. The van der Waals surface area contributed by atoms with Crippen LogP contribution in [0, 0.1) is 0 Å². The van der Waals surface area contributed by atoms with Gasteiger partial charge in [-0.3, -0.25) is 4.79 Å². The maximum Gasteiger partial charge on any atom is 0.289 e. The monoisotopic (exact) mass is 456 g/mol. The number of aromatic nitrogens is 1. The average Bonchev–Trinajstić information content (AvgIpc) is 3.29. The topological polar surface area (TPSA) is 96.2 Å². The number of carbonyl (C=O) groups is 1. The van der Waals surface area contributed by atoms with Gasteiger partial charge in [0.15, 0.2) is 5.76 Å². The number of hydrogen-bond donors (Lipinski definition) is 0. The molecular weight excluding hydrogens is 432 g/mol. The van der Waals surface area contributed by atoms with Crippen LogP contribution in [0.4, 0.5) is 5.82 Å². The smallest absolute Gasteiger partial charge is 0.289 e. The average molecular weight is 457 g/mol. The van der Waals surface area contributed by atoms with Crippen LogP contribution in [0.3, 0.4) is 0 Å². The van der Waals surface area contributed by atoms with Gasteiger partial charge in [-0.2, -0.15) is 4.31 Å². The number of carbonyl (C=O) groups excluding carboxylic acids is 1. The molecular formula is C22H24N4O5S. The molecule has 3 aromatic rings. The van der Waals surface area contributed by atoms with Gasteiger partial charge in [-0.15, -0.1) is 0 Å². The molecule has 2 aliphatic rings. The summed E-state index contributed by atoms with van der Waals surface area (Å²) >= 11 is 0. The zero-order valence-corrected chi connectivity index (χ0v) is 18.3. The lowest BCUT2D eigenvalue weighted by atomic mass is 10.2. The maximum atomic E-state index is 12.8. The highest BCUT2D eigenvalue weighted by molar-refractivity contribution is 7.89. The fourth-order valence-corrected chi connectivity index (χ4v) is 5.38. The van der Waals surface area contributed by atoms with Crippen molar-refractivity contribution in [3.8, 4) is 0 Å². The third kappa shape index (κ3) is 3.96. The first-order valence-corrected chi connectivity index (χ1v) is 12.0. The number of anilines is 1. The van der Waals surface area contributed by atoms with E-state index in [2.05, 4.69) is 4.98 Å². The van der Waals surface area contributed by atoms with Crippen LogP contribution in [0.15, 0.2) is 58.0 Å². The van der Waals surface area contributed by atoms with Crippen molar-refractivity contribution in [3.05, 3.63) is 54.4 Å². The van der Waals surface area contributed by atoms with Crippen molar-refractivity contribution >= 4 is 32.7 Å². The van der Waals surface area contributed by atoms with E-state index in [0.29, 0.717) is 69.6 Å². The zero-order valence-electron chi connectivity index (χ0n) is 17.5. The van der Waals surface area contributed by atoms with E-state index in [-0.39, 0.29) is 10.8 Å². The molecule has 0 bridgehead atoms. The second-order valence-corrected chi connectivity index (χ2v) is 9.73. The number of rotatable bonds is 4. The van der Waals surface area contributed by atoms with Crippen molar-refractivity contribution in [3.63, 3.8) is 0 Å². The minimum atomic E-state index is -3.56. The number of benzene rings is 1. The number of piperazine rings is 1. The number of morpholine rings is 1. The second kappa shape index (κ2) is 8.53. The van der Waals surface area contributed by atoms with Gasteiger partial charge in [0.25, 0.3) is 5.91 Å². The van der Waals surface area contributed by atoms with E-state index in [1.807, 2.05) is 29.2 Å². The van der Waals surface area contributed by atoms with Crippen LogP contribution in [-0.4, -0.2) is 81.0 Å². The van der Waals surface area contributed by atoms with Crippen LogP contribution in [0.2, 0.25) is 0 Å². The summed E-state index contributed by atoms with van der Waals surface area (Å²) in [5.74, 6) is 0.915. The highest BCUT2D eigenvalue weighted by atomic mass is 32.2. The Labute approximate surface area is 186 Å². The molecule has 5 rings (SSSR count). The number of hydrogen-bond acceptors (Lipinski definition) is 7. The standard InChI is InChI=1S/C22H24N4O5S/c27-22(20-15-17-3-1-2-4-19(17)31-20)25-9-7-24(8-10-25)21-6-5-18(16-23-21)32(28,29)26-11-13-30-14-12-26/h1-6,15-16H,7-14H2. The molecule has 0 N–H and O–H groups in total. The molecule has 0 spiro atoms. The molecule has 0 unspecified atom stereocenters. The predicted molar refractivity (Wildman–Crippen MR) is 118 cm³/mol. The summed E-state index contributed by atoms with van der Waals surface area (Å²) in [6, 6.07) is 12.7. The fourth-order valence-electron chi connectivity index (χ4n) is 4.03. The van der Waals surface area contributed by atoms with Crippen molar-refractivity contribution in [2.24, 2.45) is 0 Å². The van der Waals surface area contributed by atoms with Crippen LogP contribution >= 0.6 is 0 Å². The second-order valence-electron chi connectivity index (χ2n) is 7.80. The van der Waals surface area contributed by atoms with E-state index >= 15 is 0 Å². The van der Waals surface area contributed by atoms with Crippen molar-refractivity contribution in [1.29, 1.82) is 0 Å². The van der Waals surface area contributed by atoms with E-state index < -0.39 is 10.0 Å². The number of para-hydroxylation sites is 1. The van der Waals surface area contributed by atoms with Gasteiger partial charge < -0.3 is 19.0 Å². The summed E-state index contributed by atoms with van der Waals surface area (Å²) in [5, 5.41) is 0.908. The summed E-state index contributed by atoms with van der Waals surface area (Å²) in [4.78, 5) is 21.2. The van der Waals surface area contributed by atoms with Crippen LogP contribution in [-0.2, 0) is 14.8 Å². The first-order chi connectivity index (χ1) is 15.5. The summed E-state index contributed by atoms with van der Waals surface area (Å²) in [6.07, 6.45) is 1.41. The molecule has 0 aliphatic carbocycles. The van der Waals surface area contributed by atoms with Gasteiger partial charge in [0, 0.05) is 50.9 Å². The highest BCUT2D eigenvalue weighted by Crippen LogP contribution is 2.23. The summed E-state index contributed by atoms with van der Waals surface area (Å²) in [6.45, 7) is 3.79. The Bertz CT molecular complexity index is 1180. The Hall–Kier alpha value is -2.95. The van der Waals surface area contributed by atoms with Crippen molar-refractivity contribution in [1.82, 2.24) is 14.2 Å². The van der Waals surface area contributed by atoms with Crippen LogP contribution in [0.1, 0.15) is 10.6 Å². The van der Waals surface area contributed by atoms with Crippen molar-refractivity contribution < 1.29 is 22.4 Å². The quantitative estimate of drug-likeness (QED) is 0.591. The van der Waals surface area contributed by atoms with Gasteiger partial charge >= 0.3 is 0 Å². The molecule has 0 radical (unpaired) electrons. The molecule has 4 heterocycles. The SMILES string of the molecule is O=C(c1cc2ccccc2o1)N1CCN(c2ccc(S(=O)(=O)N3CCOCC3)cn2)CC1. The number of pyridine rings is 1. The van der Waals surface area contributed by atoms with Crippen LogP contribution < -0.4 is 4.90 Å². The third-order valence-corrected chi connectivity index (χ3v) is 7.74. The van der Waals surface area contributed by atoms with Crippen LogP contribution in [0.5, 0.6) is 0 Å². The first-order valence-electron chi connectivity index (χ1n) is 10.6. The normalized spacial score (nSPS) is 18.2. The lowest BCUT2D eigenvalue weighted by Gasteiger charge is -2.35. The van der Waals surface area contributed by atoms with E-state index in [4.69, 9.17) is 9.15 Å². The molecule has 2 aliphatic heterocycles. The molecule has 2 aromatic heterocycles. The molecule has 1 amide bonds. The number of furan rings is 1. The van der Waals surface area contributed by atoms with Crippen molar-refractivity contribution in [2.75, 3.05) is 57.4 Å². The Morgan fingerprint density at radius 2 is 1.69 bits per heavy atom. The number of sulfonamides is 1. The molecule has 9 nitrogen and oxygen atoms in total. The number of amides is 1.